The van der Waals surface area contributed by atoms with E-state index >= 15 is 0 Å². The number of anilines is 1. The summed E-state index contributed by atoms with van der Waals surface area (Å²) in [6.07, 6.45) is 0. The Hall–Kier alpha value is -3.30. The lowest BCUT2D eigenvalue weighted by Gasteiger charge is -2.16. The van der Waals surface area contributed by atoms with Crippen LogP contribution in [-0.4, -0.2) is 51.6 Å². The predicted octanol–water partition coefficient (Wildman–Crippen LogP) is 1.29. The number of nitro benzene ring substituents is 1. The molecule has 138 valence electrons. The Labute approximate surface area is 148 Å². The number of amides is 5. The Balaban J connectivity index is 2.13. The number of nitrogens with one attached hydrogen (secondary N) is 1. The van der Waals surface area contributed by atoms with Crippen LogP contribution in [0.5, 0.6) is 0 Å². The number of nitrogens with zero attached hydrogens (tertiary/aromatic N) is 3. The molecular formula is C16H18N4O6. The third-order valence-electron chi connectivity index (χ3n) is 3.61. The molecule has 0 saturated carbocycles. The number of benzene rings is 1. The van der Waals surface area contributed by atoms with E-state index in [-0.39, 0.29) is 23.8 Å². The highest BCUT2D eigenvalue weighted by atomic mass is 16.6. The van der Waals surface area contributed by atoms with Crippen LogP contribution in [0.1, 0.15) is 19.4 Å². The molecule has 26 heavy (non-hydrogen) atoms. The number of aryl methyl sites for hydroxylation is 1. The molecule has 1 N–H and O–H groups in total. The molecular weight excluding hydrogens is 344 g/mol. The lowest BCUT2D eigenvalue weighted by molar-refractivity contribution is -0.384. The van der Waals surface area contributed by atoms with E-state index in [1.807, 2.05) is 0 Å². The topological polar surface area (TPSA) is 130 Å². The second kappa shape index (κ2) is 7.30. The van der Waals surface area contributed by atoms with E-state index < -0.39 is 35.2 Å². The van der Waals surface area contributed by atoms with Gasteiger partial charge in [-0.2, -0.15) is 0 Å². The second-order valence-electron chi connectivity index (χ2n) is 6.31. The van der Waals surface area contributed by atoms with Crippen molar-refractivity contribution in [2.75, 3.05) is 18.4 Å². The van der Waals surface area contributed by atoms with Crippen molar-refractivity contribution in [1.82, 2.24) is 9.80 Å². The molecule has 1 heterocycles. The van der Waals surface area contributed by atoms with E-state index in [1.165, 1.54) is 12.1 Å². The van der Waals surface area contributed by atoms with Crippen molar-refractivity contribution in [3.8, 4) is 0 Å². The van der Waals surface area contributed by atoms with Crippen LogP contribution in [0.2, 0.25) is 0 Å². The van der Waals surface area contributed by atoms with E-state index in [0.29, 0.717) is 10.5 Å². The maximum absolute atomic E-state index is 12.2. The number of nitro groups is 1. The largest absolute Gasteiger partial charge is 0.334 e. The number of rotatable bonds is 6. The molecule has 1 saturated heterocycles. The number of urea groups is 1. The Morgan fingerprint density at radius 2 is 1.81 bits per heavy atom. The number of imide groups is 2. The summed E-state index contributed by atoms with van der Waals surface area (Å²) in [6, 6.07) is 3.34. The van der Waals surface area contributed by atoms with Gasteiger partial charge in [-0.15, -0.1) is 0 Å². The van der Waals surface area contributed by atoms with Gasteiger partial charge in [-0.3, -0.25) is 29.4 Å². The van der Waals surface area contributed by atoms with Crippen molar-refractivity contribution in [3.63, 3.8) is 0 Å². The van der Waals surface area contributed by atoms with Crippen molar-refractivity contribution >= 4 is 35.1 Å². The molecule has 0 unspecified atom stereocenters. The Morgan fingerprint density at radius 1 is 1.19 bits per heavy atom. The van der Waals surface area contributed by atoms with Gasteiger partial charge in [0, 0.05) is 12.6 Å². The Bertz CT molecular complexity index is 804. The van der Waals surface area contributed by atoms with Crippen LogP contribution in [0.4, 0.5) is 16.2 Å². The molecule has 0 aromatic heterocycles. The lowest BCUT2D eigenvalue weighted by Crippen LogP contribution is -2.39. The van der Waals surface area contributed by atoms with Crippen molar-refractivity contribution in [1.29, 1.82) is 0 Å². The number of carbonyl (C=O) groups excluding carboxylic acids is 4. The van der Waals surface area contributed by atoms with Gasteiger partial charge < -0.3 is 5.32 Å². The molecule has 1 aliphatic heterocycles. The molecule has 1 aromatic carbocycles. The van der Waals surface area contributed by atoms with Gasteiger partial charge in [0.05, 0.1) is 4.92 Å². The molecule has 1 aliphatic rings. The summed E-state index contributed by atoms with van der Waals surface area (Å²) < 4.78 is 0. The maximum Gasteiger partial charge on any atom is 0.334 e. The van der Waals surface area contributed by atoms with Gasteiger partial charge in [-0.25, -0.2) is 9.69 Å². The number of hydrogen-bond acceptors (Lipinski definition) is 6. The zero-order valence-corrected chi connectivity index (χ0v) is 14.5. The smallest absolute Gasteiger partial charge is 0.319 e. The minimum Gasteiger partial charge on any atom is -0.319 e. The molecule has 1 aromatic rings. The quantitative estimate of drug-likeness (QED) is 0.351. The number of hydrogen-bond donors (Lipinski definition) is 1. The van der Waals surface area contributed by atoms with E-state index in [9.17, 15) is 29.3 Å². The highest BCUT2D eigenvalue weighted by molar-refractivity contribution is 6.45. The normalized spacial score (nSPS) is 14.4. The third-order valence-corrected chi connectivity index (χ3v) is 3.61. The van der Waals surface area contributed by atoms with Crippen molar-refractivity contribution in [3.05, 3.63) is 33.9 Å². The van der Waals surface area contributed by atoms with Gasteiger partial charge in [0.2, 0.25) is 5.91 Å². The first-order chi connectivity index (χ1) is 12.1. The summed E-state index contributed by atoms with van der Waals surface area (Å²) in [5.74, 6) is -2.94. The van der Waals surface area contributed by atoms with Crippen molar-refractivity contribution < 1.29 is 24.1 Å². The first-order valence-electron chi connectivity index (χ1n) is 7.84. The molecule has 2 rings (SSSR count). The highest BCUT2D eigenvalue weighted by Gasteiger charge is 2.45. The highest BCUT2D eigenvalue weighted by Crippen LogP contribution is 2.25. The van der Waals surface area contributed by atoms with Crippen LogP contribution in [0.25, 0.3) is 0 Å². The average Bonchev–Trinajstić information content (AvgIpc) is 2.74. The van der Waals surface area contributed by atoms with Crippen LogP contribution in [-0.2, 0) is 14.4 Å². The van der Waals surface area contributed by atoms with Gasteiger partial charge >= 0.3 is 17.8 Å². The van der Waals surface area contributed by atoms with Gasteiger partial charge in [-0.05, 0) is 24.5 Å². The maximum atomic E-state index is 12.2. The summed E-state index contributed by atoms with van der Waals surface area (Å²) in [7, 11) is 0. The standard InChI is InChI=1S/C16H18N4O6/c1-9(2)7-18-14(22)15(23)19(16(18)24)8-13(21)17-11-5-4-10(3)6-12(11)20(25)26/h4-6,9H,7-8H2,1-3H3,(H,17,21). The van der Waals surface area contributed by atoms with Gasteiger partial charge in [-0.1, -0.05) is 19.9 Å². The van der Waals surface area contributed by atoms with Crippen molar-refractivity contribution in [2.45, 2.75) is 20.8 Å². The SMILES string of the molecule is Cc1ccc(NC(=O)CN2C(=O)C(=O)N(CC(C)C)C2=O)c([N+](=O)[O-])c1. The predicted molar refractivity (Wildman–Crippen MR) is 90.1 cm³/mol. The third kappa shape index (κ3) is 3.85. The van der Waals surface area contributed by atoms with Crippen LogP contribution in [0, 0.1) is 23.0 Å². The van der Waals surface area contributed by atoms with Crippen LogP contribution in [0.15, 0.2) is 18.2 Å². The van der Waals surface area contributed by atoms with E-state index in [1.54, 1.807) is 26.8 Å². The van der Waals surface area contributed by atoms with Crippen molar-refractivity contribution in [2.24, 2.45) is 5.92 Å². The Kier molecular flexibility index (Phi) is 5.34. The minimum atomic E-state index is -1.09. The zero-order valence-electron chi connectivity index (χ0n) is 14.5. The van der Waals surface area contributed by atoms with E-state index in [2.05, 4.69) is 5.32 Å². The first-order valence-corrected chi connectivity index (χ1v) is 7.84. The average molecular weight is 362 g/mol. The molecule has 0 aliphatic carbocycles. The fourth-order valence-electron chi connectivity index (χ4n) is 2.45. The van der Waals surface area contributed by atoms with Crippen LogP contribution >= 0.6 is 0 Å². The zero-order chi connectivity index (χ0) is 19.6. The molecule has 1 fully saturated rings. The Morgan fingerprint density at radius 3 is 2.38 bits per heavy atom. The summed E-state index contributed by atoms with van der Waals surface area (Å²) in [5.41, 5.74) is 0.263. The summed E-state index contributed by atoms with van der Waals surface area (Å²) >= 11 is 0. The first kappa shape index (κ1) is 19.0. The molecule has 5 amide bonds. The molecule has 10 heteroatoms. The van der Waals surface area contributed by atoms with E-state index in [0.717, 1.165) is 4.90 Å². The van der Waals surface area contributed by atoms with Crippen LogP contribution < -0.4 is 5.32 Å². The summed E-state index contributed by atoms with van der Waals surface area (Å²) in [5, 5.41) is 13.4. The molecule has 0 atom stereocenters. The fourth-order valence-corrected chi connectivity index (χ4v) is 2.45. The summed E-state index contributed by atoms with van der Waals surface area (Å²) in [4.78, 5) is 59.9. The lowest BCUT2D eigenvalue weighted by atomic mass is 10.2. The molecule has 0 bridgehead atoms. The van der Waals surface area contributed by atoms with Gasteiger partial charge in [0.15, 0.2) is 0 Å². The summed E-state index contributed by atoms with van der Waals surface area (Å²) in [6.45, 7) is 4.57. The molecule has 0 radical (unpaired) electrons. The van der Waals surface area contributed by atoms with Gasteiger partial charge in [0.25, 0.3) is 5.69 Å². The van der Waals surface area contributed by atoms with E-state index in [4.69, 9.17) is 0 Å². The van der Waals surface area contributed by atoms with Gasteiger partial charge in [0.1, 0.15) is 12.2 Å². The molecule has 10 nitrogen and oxygen atoms in total. The molecule has 0 spiro atoms. The minimum absolute atomic E-state index is 0.0420. The number of carbonyl (C=O) groups is 4. The second-order valence-corrected chi connectivity index (χ2v) is 6.31. The fraction of sp³-hybridized carbons (Fsp3) is 0.375. The van der Waals surface area contributed by atoms with Crippen LogP contribution in [0.3, 0.4) is 0 Å². The monoisotopic (exact) mass is 362 g/mol.